The number of rotatable bonds is 12. The van der Waals surface area contributed by atoms with Crippen LogP contribution in [-0.2, 0) is 34.0 Å². The largest absolute Gasteiger partial charge is 0.416 e. The Balaban J connectivity index is 1.44. The maximum Gasteiger partial charge on any atom is 0.416 e. The number of aryl methyl sites for hydroxylation is 1. The lowest BCUT2D eigenvalue weighted by Crippen LogP contribution is -2.48. The highest BCUT2D eigenvalue weighted by atomic mass is 32.2. The fraction of sp³-hybridized carbons (Fsp3) is 0.552. The number of carbonyl (C=O) groups is 1. The van der Waals surface area contributed by atoms with Gasteiger partial charge < -0.3 is 5.32 Å². The Hall–Kier alpha value is -2.64. The Labute approximate surface area is 241 Å². The lowest BCUT2D eigenvalue weighted by molar-refractivity contribution is -0.158. The van der Waals surface area contributed by atoms with Crippen LogP contribution in [0.2, 0.25) is 0 Å². The van der Waals surface area contributed by atoms with Gasteiger partial charge in [-0.05, 0) is 85.9 Å². The zero-order valence-corrected chi connectivity index (χ0v) is 24.0. The predicted octanol–water partition coefficient (Wildman–Crippen LogP) is 6.12. The van der Waals surface area contributed by atoms with Gasteiger partial charge in [0.05, 0.1) is 22.9 Å². The van der Waals surface area contributed by atoms with Crippen LogP contribution in [0.15, 0.2) is 47.4 Å². The van der Waals surface area contributed by atoms with Crippen molar-refractivity contribution >= 4 is 15.9 Å². The summed E-state index contributed by atoms with van der Waals surface area (Å²) in [6.45, 7) is 4.99. The van der Waals surface area contributed by atoms with Crippen LogP contribution in [-0.4, -0.2) is 44.5 Å². The molecule has 0 aliphatic heterocycles. The number of halogens is 6. The summed E-state index contributed by atoms with van der Waals surface area (Å²) >= 11 is 0. The molecule has 0 aromatic heterocycles. The van der Waals surface area contributed by atoms with Gasteiger partial charge in [0.25, 0.3) is 0 Å². The molecule has 2 aliphatic carbocycles. The molecule has 2 N–H and O–H groups in total. The van der Waals surface area contributed by atoms with Gasteiger partial charge >= 0.3 is 12.4 Å². The fourth-order valence-corrected chi connectivity index (χ4v) is 6.62. The molecule has 13 heteroatoms. The molecule has 2 aromatic rings. The van der Waals surface area contributed by atoms with Crippen molar-refractivity contribution in [3.05, 3.63) is 64.7 Å². The van der Waals surface area contributed by atoms with E-state index >= 15 is 0 Å². The van der Waals surface area contributed by atoms with Crippen LogP contribution < -0.4 is 10.0 Å². The Bertz CT molecular complexity index is 1360. The van der Waals surface area contributed by atoms with E-state index in [4.69, 9.17) is 0 Å². The smallest absolute Gasteiger partial charge is 0.349 e. The van der Waals surface area contributed by atoms with Gasteiger partial charge in [-0.25, -0.2) is 8.42 Å². The number of benzene rings is 2. The van der Waals surface area contributed by atoms with E-state index in [9.17, 15) is 39.6 Å². The number of carbonyl (C=O) groups excluding carboxylic acids is 1. The summed E-state index contributed by atoms with van der Waals surface area (Å²) in [5.41, 5.74) is 1.64. The minimum absolute atomic E-state index is 0.247. The molecular formula is C29H35F6N3O3S. The van der Waals surface area contributed by atoms with Crippen molar-refractivity contribution < 1.29 is 39.6 Å². The summed E-state index contributed by atoms with van der Waals surface area (Å²) in [6.07, 6.45) is -5.77. The zero-order valence-electron chi connectivity index (χ0n) is 23.2. The van der Waals surface area contributed by atoms with E-state index < -0.39 is 57.2 Å². The third kappa shape index (κ3) is 8.70. The topological polar surface area (TPSA) is 78.5 Å². The summed E-state index contributed by atoms with van der Waals surface area (Å²) in [5.74, 6) is -0.270. The number of hydrogen-bond acceptors (Lipinski definition) is 4. The molecule has 6 nitrogen and oxygen atoms in total. The van der Waals surface area contributed by atoms with Crippen molar-refractivity contribution in [2.75, 3.05) is 13.1 Å². The second kappa shape index (κ2) is 12.9. The van der Waals surface area contributed by atoms with Crippen molar-refractivity contribution in [2.45, 2.75) is 87.7 Å². The molecule has 0 heterocycles. The van der Waals surface area contributed by atoms with E-state index in [0.29, 0.717) is 18.9 Å². The molecule has 0 radical (unpaired) electrons. The molecule has 42 heavy (non-hydrogen) atoms. The van der Waals surface area contributed by atoms with Crippen LogP contribution in [0.3, 0.4) is 0 Å². The fourth-order valence-electron chi connectivity index (χ4n) is 5.35. The second-order valence-electron chi connectivity index (χ2n) is 11.2. The number of nitrogens with one attached hydrogen (secondary N) is 2. The van der Waals surface area contributed by atoms with Gasteiger partial charge in [0.1, 0.15) is 6.04 Å². The highest BCUT2D eigenvalue weighted by Gasteiger charge is 2.44. The Morgan fingerprint density at radius 1 is 1.05 bits per heavy atom. The van der Waals surface area contributed by atoms with Crippen molar-refractivity contribution in [3.8, 4) is 0 Å². The lowest BCUT2D eigenvalue weighted by Gasteiger charge is -2.29. The van der Waals surface area contributed by atoms with E-state index in [1.807, 2.05) is 12.1 Å². The number of nitrogens with zero attached hydrogens (tertiary/aromatic N) is 1. The predicted molar refractivity (Wildman–Crippen MR) is 145 cm³/mol. The first-order valence-corrected chi connectivity index (χ1v) is 15.5. The quantitative estimate of drug-likeness (QED) is 0.281. The molecule has 2 atom stereocenters. The SMILES string of the molecule is CCCN(Cc1ccc2c(c1)CCC[C@H]2NC(=O)C[C@@H](NS(=O)(=O)c1cccc(C(F)(F)F)c1)C(F)(F)F)CC1CC1. The van der Waals surface area contributed by atoms with Gasteiger partial charge in [-0.2, -0.15) is 31.1 Å². The average molecular weight is 620 g/mol. The van der Waals surface area contributed by atoms with E-state index in [1.165, 1.54) is 17.6 Å². The standard InChI is InChI=1S/C29H35F6N3O3S/c1-2-13-38(17-19-9-10-19)18-20-11-12-24-21(14-20)5-3-8-25(24)36-27(39)16-26(29(33,34)35)37-42(40,41)23-7-4-6-22(15-23)28(30,31)32/h4,6-7,11-12,14-15,19,25-26,37H,2-3,5,8-10,13,16-18H2,1H3,(H,36,39)/t25-,26-/m1/s1. The normalized spacial score (nSPS) is 18.5. The van der Waals surface area contributed by atoms with E-state index in [-0.39, 0.29) is 6.07 Å². The number of hydrogen-bond donors (Lipinski definition) is 2. The van der Waals surface area contributed by atoms with Crippen LogP contribution in [0.1, 0.15) is 73.7 Å². The van der Waals surface area contributed by atoms with Crippen molar-refractivity contribution in [1.29, 1.82) is 0 Å². The van der Waals surface area contributed by atoms with E-state index in [0.717, 1.165) is 67.2 Å². The van der Waals surface area contributed by atoms with Crippen LogP contribution >= 0.6 is 0 Å². The van der Waals surface area contributed by atoms with Crippen molar-refractivity contribution in [3.63, 3.8) is 0 Å². The number of fused-ring (bicyclic) bond motifs is 1. The van der Waals surface area contributed by atoms with Crippen LogP contribution in [0, 0.1) is 5.92 Å². The van der Waals surface area contributed by atoms with E-state index in [1.54, 1.807) is 0 Å². The molecule has 0 unspecified atom stereocenters. The first-order valence-electron chi connectivity index (χ1n) is 14.1. The van der Waals surface area contributed by atoms with Crippen molar-refractivity contribution in [1.82, 2.24) is 14.9 Å². The third-order valence-corrected chi connectivity index (χ3v) is 9.04. The molecule has 0 saturated heterocycles. The van der Waals surface area contributed by atoms with E-state index in [2.05, 4.69) is 23.2 Å². The maximum absolute atomic E-state index is 13.8. The second-order valence-corrected chi connectivity index (χ2v) is 12.9. The van der Waals surface area contributed by atoms with Gasteiger partial charge in [0.15, 0.2) is 0 Å². The van der Waals surface area contributed by atoms with Crippen LogP contribution in [0.4, 0.5) is 26.3 Å². The number of alkyl halides is 6. The monoisotopic (exact) mass is 619 g/mol. The van der Waals surface area contributed by atoms with Gasteiger partial charge in [-0.3, -0.25) is 9.69 Å². The van der Waals surface area contributed by atoms with Gasteiger partial charge in [-0.1, -0.05) is 31.2 Å². The lowest BCUT2D eigenvalue weighted by atomic mass is 9.86. The Morgan fingerprint density at radius 2 is 1.79 bits per heavy atom. The molecule has 1 fully saturated rings. The highest BCUT2D eigenvalue weighted by Crippen LogP contribution is 2.34. The summed E-state index contributed by atoms with van der Waals surface area (Å²) in [7, 11) is -5.03. The van der Waals surface area contributed by atoms with Gasteiger partial charge in [-0.15, -0.1) is 0 Å². The van der Waals surface area contributed by atoms with Crippen LogP contribution in [0.25, 0.3) is 0 Å². The molecule has 2 aliphatic rings. The maximum atomic E-state index is 13.8. The van der Waals surface area contributed by atoms with Crippen LogP contribution in [0.5, 0.6) is 0 Å². The first-order chi connectivity index (χ1) is 19.7. The number of amides is 1. The summed E-state index contributed by atoms with van der Waals surface area (Å²) < 4.78 is 107. The first kappa shape index (κ1) is 32.3. The molecule has 1 saturated carbocycles. The molecular weight excluding hydrogens is 584 g/mol. The van der Waals surface area contributed by atoms with Gasteiger partial charge in [0.2, 0.25) is 15.9 Å². The molecule has 0 spiro atoms. The minimum atomic E-state index is -5.17. The zero-order chi connectivity index (χ0) is 30.7. The molecule has 1 amide bonds. The van der Waals surface area contributed by atoms with Crippen molar-refractivity contribution in [2.24, 2.45) is 5.92 Å². The number of sulfonamides is 1. The summed E-state index contributed by atoms with van der Waals surface area (Å²) in [4.78, 5) is 14.2. The third-order valence-electron chi connectivity index (χ3n) is 7.57. The molecule has 2 aromatic carbocycles. The Morgan fingerprint density at radius 3 is 2.43 bits per heavy atom. The van der Waals surface area contributed by atoms with Gasteiger partial charge in [0, 0.05) is 13.1 Å². The average Bonchev–Trinajstić information content (AvgIpc) is 3.71. The summed E-state index contributed by atoms with van der Waals surface area (Å²) in [5, 5.41) is 2.61. The Kier molecular flexibility index (Phi) is 9.93. The molecule has 232 valence electrons. The minimum Gasteiger partial charge on any atom is -0.349 e. The highest BCUT2D eigenvalue weighted by molar-refractivity contribution is 7.89. The molecule has 4 rings (SSSR count). The summed E-state index contributed by atoms with van der Waals surface area (Å²) in [6, 6.07) is 4.98. The molecule has 0 bridgehead atoms.